The highest BCUT2D eigenvalue weighted by Gasteiger charge is 2.44. The molecule has 124 valence electrons. The van der Waals surface area contributed by atoms with Gasteiger partial charge in [0.25, 0.3) is 0 Å². The normalized spacial score (nSPS) is 33.0. The Hall–Kier alpha value is -0.120. The Kier molecular flexibility index (Phi) is 6.10. The summed E-state index contributed by atoms with van der Waals surface area (Å²) < 4.78 is 0. The molecule has 0 aromatic heterocycles. The summed E-state index contributed by atoms with van der Waals surface area (Å²) in [5.74, 6) is 2.38. The van der Waals surface area contributed by atoms with Crippen molar-refractivity contribution in [2.75, 3.05) is 40.3 Å². The van der Waals surface area contributed by atoms with Gasteiger partial charge in [-0.2, -0.15) is 0 Å². The lowest BCUT2D eigenvalue weighted by Crippen LogP contribution is -2.60. The molecule has 3 nitrogen and oxygen atoms in total. The molecule has 0 aromatic rings. The first-order chi connectivity index (χ1) is 9.99. The molecule has 1 aliphatic carbocycles. The van der Waals surface area contributed by atoms with Crippen molar-refractivity contribution in [1.82, 2.24) is 9.80 Å². The van der Waals surface area contributed by atoms with Crippen molar-refractivity contribution < 1.29 is 0 Å². The van der Waals surface area contributed by atoms with Crippen LogP contribution in [-0.2, 0) is 0 Å². The van der Waals surface area contributed by atoms with Crippen LogP contribution in [0.25, 0.3) is 0 Å². The van der Waals surface area contributed by atoms with E-state index in [1.54, 1.807) is 0 Å². The Bertz CT molecular complexity index is 310. The lowest BCUT2D eigenvalue weighted by molar-refractivity contribution is -0.0104. The quantitative estimate of drug-likeness (QED) is 0.846. The molecular formula is C18H37N3. The summed E-state index contributed by atoms with van der Waals surface area (Å²) in [5.41, 5.74) is 6.60. The van der Waals surface area contributed by atoms with Gasteiger partial charge < -0.3 is 10.6 Å². The molecule has 1 heterocycles. The maximum atomic E-state index is 6.34. The molecule has 0 aromatic carbocycles. The molecular weight excluding hydrogens is 258 g/mol. The fraction of sp³-hybridized carbons (Fsp3) is 1.00. The van der Waals surface area contributed by atoms with E-state index in [0.717, 1.165) is 24.3 Å². The van der Waals surface area contributed by atoms with Crippen LogP contribution in [0.3, 0.4) is 0 Å². The standard InChI is InChI=1S/C18H37N3/c1-15(2)17-7-5-6-10-18(17,14-19)21(4)13-16-8-11-20(3)12-9-16/h15-17H,5-14,19H2,1-4H3. The van der Waals surface area contributed by atoms with Crippen LogP contribution >= 0.6 is 0 Å². The van der Waals surface area contributed by atoms with Gasteiger partial charge in [0.15, 0.2) is 0 Å². The van der Waals surface area contributed by atoms with E-state index in [2.05, 4.69) is 37.7 Å². The highest BCUT2D eigenvalue weighted by molar-refractivity contribution is 5.00. The Morgan fingerprint density at radius 3 is 2.43 bits per heavy atom. The second kappa shape index (κ2) is 7.43. The SMILES string of the molecule is CC(C)C1CCCCC1(CN)N(C)CC1CCN(C)CC1. The number of likely N-dealkylation sites (tertiary alicyclic amines) is 1. The Labute approximate surface area is 132 Å². The average Bonchev–Trinajstić information content (AvgIpc) is 2.49. The molecule has 2 atom stereocenters. The van der Waals surface area contributed by atoms with Gasteiger partial charge in [-0.25, -0.2) is 0 Å². The van der Waals surface area contributed by atoms with E-state index in [4.69, 9.17) is 5.73 Å². The van der Waals surface area contributed by atoms with Gasteiger partial charge in [0, 0.05) is 18.6 Å². The molecule has 2 unspecified atom stereocenters. The topological polar surface area (TPSA) is 32.5 Å². The number of rotatable bonds is 5. The van der Waals surface area contributed by atoms with E-state index < -0.39 is 0 Å². The number of nitrogens with zero attached hydrogens (tertiary/aromatic N) is 2. The smallest absolute Gasteiger partial charge is 0.0359 e. The Balaban J connectivity index is 2.03. The van der Waals surface area contributed by atoms with Crippen LogP contribution in [0.1, 0.15) is 52.4 Å². The van der Waals surface area contributed by atoms with Gasteiger partial charge in [-0.15, -0.1) is 0 Å². The van der Waals surface area contributed by atoms with Crippen molar-refractivity contribution in [2.24, 2.45) is 23.5 Å². The van der Waals surface area contributed by atoms with Crippen LogP contribution in [0.15, 0.2) is 0 Å². The number of hydrogen-bond donors (Lipinski definition) is 1. The van der Waals surface area contributed by atoms with Crippen molar-refractivity contribution in [3.8, 4) is 0 Å². The number of piperidine rings is 1. The van der Waals surface area contributed by atoms with Gasteiger partial charge in [-0.05, 0) is 70.6 Å². The molecule has 1 saturated carbocycles. The van der Waals surface area contributed by atoms with E-state index in [1.807, 2.05) is 0 Å². The van der Waals surface area contributed by atoms with Gasteiger partial charge in [0.2, 0.25) is 0 Å². The average molecular weight is 296 g/mol. The van der Waals surface area contributed by atoms with Gasteiger partial charge >= 0.3 is 0 Å². The lowest BCUT2D eigenvalue weighted by Gasteiger charge is -2.52. The molecule has 0 bridgehead atoms. The Morgan fingerprint density at radius 2 is 1.86 bits per heavy atom. The second-order valence-electron chi connectivity index (χ2n) is 8.03. The fourth-order valence-electron chi connectivity index (χ4n) is 4.90. The molecule has 0 amide bonds. The van der Waals surface area contributed by atoms with E-state index in [0.29, 0.717) is 0 Å². The summed E-state index contributed by atoms with van der Waals surface area (Å²) in [6, 6.07) is 0. The maximum Gasteiger partial charge on any atom is 0.0359 e. The van der Waals surface area contributed by atoms with Gasteiger partial charge in [0.1, 0.15) is 0 Å². The van der Waals surface area contributed by atoms with Crippen LogP contribution in [-0.4, -0.2) is 55.6 Å². The summed E-state index contributed by atoms with van der Waals surface area (Å²) >= 11 is 0. The third-order valence-electron chi connectivity index (χ3n) is 6.35. The minimum atomic E-state index is 0.260. The number of hydrogen-bond acceptors (Lipinski definition) is 3. The zero-order valence-corrected chi connectivity index (χ0v) is 14.8. The van der Waals surface area contributed by atoms with Crippen molar-refractivity contribution in [3.05, 3.63) is 0 Å². The van der Waals surface area contributed by atoms with Gasteiger partial charge in [0.05, 0.1) is 0 Å². The minimum Gasteiger partial charge on any atom is -0.329 e. The molecule has 21 heavy (non-hydrogen) atoms. The molecule has 2 rings (SSSR count). The van der Waals surface area contributed by atoms with Gasteiger partial charge in [-0.1, -0.05) is 26.7 Å². The summed E-state index contributed by atoms with van der Waals surface area (Å²) in [6.45, 7) is 9.39. The molecule has 1 saturated heterocycles. The second-order valence-corrected chi connectivity index (χ2v) is 8.03. The predicted octanol–water partition coefficient (Wildman–Crippen LogP) is 2.80. The highest BCUT2D eigenvalue weighted by Crippen LogP contribution is 2.42. The van der Waals surface area contributed by atoms with E-state index in [-0.39, 0.29) is 5.54 Å². The van der Waals surface area contributed by atoms with Crippen molar-refractivity contribution in [2.45, 2.75) is 57.9 Å². The zero-order chi connectivity index (χ0) is 15.5. The monoisotopic (exact) mass is 295 g/mol. The number of nitrogens with two attached hydrogens (primary N) is 1. The zero-order valence-electron chi connectivity index (χ0n) is 14.8. The summed E-state index contributed by atoms with van der Waals surface area (Å²) in [7, 11) is 4.60. The molecule has 3 heteroatoms. The van der Waals surface area contributed by atoms with Crippen LogP contribution in [0.4, 0.5) is 0 Å². The van der Waals surface area contributed by atoms with Crippen LogP contribution in [0.2, 0.25) is 0 Å². The van der Waals surface area contributed by atoms with Crippen molar-refractivity contribution >= 4 is 0 Å². The van der Waals surface area contributed by atoms with Crippen LogP contribution in [0.5, 0.6) is 0 Å². The first-order valence-electron chi connectivity index (χ1n) is 9.09. The lowest BCUT2D eigenvalue weighted by atomic mass is 9.66. The molecule has 0 spiro atoms. The van der Waals surface area contributed by atoms with E-state index in [1.165, 1.54) is 58.2 Å². The van der Waals surface area contributed by atoms with Crippen LogP contribution in [0, 0.1) is 17.8 Å². The molecule has 2 fully saturated rings. The van der Waals surface area contributed by atoms with Crippen molar-refractivity contribution in [3.63, 3.8) is 0 Å². The predicted molar refractivity (Wildman–Crippen MR) is 91.4 cm³/mol. The molecule has 2 aliphatic rings. The number of likely N-dealkylation sites (N-methyl/N-ethyl adjacent to an activating group) is 1. The first kappa shape index (κ1) is 17.2. The first-order valence-corrected chi connectivity index (χ1v) is 9.09. The Morgan fingerprint density at radius 1 is 1.19 bits per heavy atom. The van der Waals surface area contributed by atoms with E-state index >= 15 is 0 Å². The third kappa shape index (κ3) is 3.80. The maximum absolute atomic E-state index is 6.34. The third-order valence-corrected chi connectivity index (χ3v) is 6.35. The molecule has 2 N–H and O–H groups in total. The molecule has 1 aliphatic heterocycles. The largest absolute Gasteiger partial charge is 0.329 e. The summed E-state index contributed by atoms with van der Waals surface area (Å²) in [6.07, 6.45) is 8.13. The van der Waals surface area contributed by atoms with E-state index in [9.17, 15) is 0 Å². The fourth-order valence-corrected chi connectivity index (χ4v) is 4.90. The van der Waals surface area contributed by atoms with Crippen molar-refractivity contribution in [1.29, 1.82) is 0 Å². The van der Waals surface area contributed by atoms with Crippen LogP contribution < -0.4 is 5.73 Å². The summed E-state index contributed by atoms with van der Waals surface area (Å²) in [5, 5.41) is 0. The molecule has 0 radical (unpaired) electrons. The highest BCUT2D eigenvalue weighted by atomic mass is 15.2. The summed E-state index contributed by atoms with van der Waals surface area (Å²) in [4.78, 5) is 5.14. The minimum absolute atomic E-state index is 0.260. The van der Waals surface area contributed by atoms with Gasteiger partial charge in [-0.3, -0.25) is 4.90 Å².